The lowest BCUT2D eigenvalue weighted by Crippen LogP contribution is -2.02. The molecule has 0 saturated heterocycles. The molecule has 2 aromatic carbocycles. The van der Waals surface area contributed by atoms with Crippen molar-refractivity contribution in [3.63, 3.8) is 0 Å². The fourth-order valence-corrected chi connectivity index (χ4v) is 2.79. The van der Waals surface area contributed by atoms with Gasteiger partial charge in [-0.3, -0.25) is 10.1 Å². The number of aromatic nitrogens is 1. The molecule has 0 amide bonds. The molecule has 29 heavy (non-hydrogen) atoms. The van der Waals surface area contributed by atoms with Gasteiger partial charge in [-0.15, -0.1) is 6.42 Å². The molecule has 0 saturated carbocycles. The van der Waals surface area contributed by atoms with Gasteiger partial charge in [0.2, 0.25) is 11.7 Å². The van der Waals surface area contributed by atoms with E-state index in [9.17, 15) is 10.1 Å². The third-order valence-electron chi connectivity index (χ3n) is 4.16. The predicted octanol–water partition coefficient (Wildman–Crippen LogP) is 5.00. The lowest BCUT2D eigenvalue weighted by molar-refractivity contribution is -0.384. The number of nitro groups is 1. The molecule has 0 fully saturated rings. The van der Waals surface area contributed by atoms with Gasteiger partial charge in [0.1, 0.15) is 5.75 Å². The number of terminal acetylenes is 1. The molecule has 0 atom stereocenters. The molecule has 3 rings (SSSR count). The number of rotatable bonds is 5. The highest BCUT2D eigenvalue weighted by Gasteiger charge is 2.18. The number of anilines is 2. The van der Waals surface area contributed by atoms with E-state index in [1.54, 1.807) is 24.3 Å². The van der Waals surface area contributed by atoms with Crippen LogP contribution in [-0.4, -0.2) is 9.91 Å². The maximum absolute atomic E-state index is 11.4. The Bertz CT molecular complexity index is 1150. The van der Waals surface area contributed by atoms with Crippen molar-refractivity contribution < 1.29 is 9.66 Å². The number of nitriles is 1. The van der Waals surface area contributed by atoms with Crippen LogP contribution in [-0.2, 0) is 0 Å². The molecular formula is C22H16N4O3. The molecule has 0 unspecified atom stereocenters. The Hall–Kier alpha value is -4.36. The lowest BCUT2D eigenvalue weighted by atomic mass is 10.1. The topological polar surface area (TPSA) is 101 Å². The van der Waals surface area contributed by atoms with Crippen molar-refractivity contribution in [2.24, 2.45) is 0 Å². The second kappa shape index (κ2) is 8.12. The Morgan fingerprint density at radius 2 is 1.76 bits per heavy atom. The van der Waals surface area contributed by atoms with Gasteiger partial charge < -0.3 is 10.1 Å². The van der Waals surface area contributed by atoms with Gasteiger partial charge in [0.15, 0.2) is 0 Å². The third kappa shape index (κ3) is 4.32. The molecule has 0 radical (unpaired) electrons. The number of pyridine rings is 1. The fourth-order valence-electron chi connectivity index (χ4n) is 2.79. The van der Waals surface area contributed by atoms with Crippen molar-refractivity contribution >= 4 is 17.2 Å². The molecular weight excluding hydrogens is 368 g/mol. The summed E-state index contributed by atoms with van der Waals surface area (Å²) in [4.78, 5) is 15.1. The van der Waals surface area contributed by atoms with Crippen LogP contribution in [0, 0.1) is 47.6 Å². The third-order valence-corrected chi connectivity index (χ3v) is 4.16. The van der Waals surface area contributed by atoms with Crippen LogP contribution in [0.2, 0.25) is 0 Å². The number of aryl methyl sites for hydroxylation is 2. The second-order valence-electron chi connectivity index (χ2n) is 6.27. The summed E-state index contributed by atoms with van der Waals surface area (Å²) in [6.45, 7) is 3.73. The summed E-state index contributed by atoms with van der Waals surface area (Å²) in [6, 6.07) is 14.9. The first kappa shape index (κ1) is 19.4. The molecule has 142 valence electrons. The van der Waals surface area contributed by atoms with Crippen LogP contribution in [0.1, 0.15) is 22.3 Å². The van der Waals surface area contributed by atoms with Gasteiger partial charge in [-0.05, 0) is 61.4 Å². The molecule has 1 N–H and O–H groups in total. The molecule has 0 aliphatic carbocycles. The van der Waals surface area contributed by atoms with Gasteiger partial charge in [-0.1, -0.05) is 5.92 Å². The van der Waals surface area contributed by atoms with Crippen LogP contribution in [0.3, 0.4) is 0 Å². The van der Waals surface area contributed by atoms with E-state index in [4.69, 9.17) is 16.4 Å². The zero-order valence-corrected chi connectivity index (χ0v) is 15.8. The Morgan fingerprint density at radius 3 is 2.31 bits per heavy atom. The molecule has 1 heterocycles. The van der Waals surface area contributed by atoms with Crippen molar-refractivity contribution in [2.75, 3.05) is 5.32 Å². The summed E-state index contributed by atoms with van der Waals surface area (Å²) in [7, 11) is 0. The van der Waals surface area contributed by atoms with E-state index >= 15 is 0 Å². The molecule has 0 aliphatic rings. The molecule has 3 aromatic rings. The van der Waals surface area contributed by atoms with Gasteiger partial charge in [-0.25, -0.2) is 0 Å². The minimum atomic E-state index is -0.527. The van der Waals surface area contributed by atoms with E-state index in [2.05, 4.69) is 16.2 Å². The Kier molecular flexibility index (Phi) is 5.43. The number of benzene rings is 2. The van der Waals surface area contributed by atoms with E-state index in [-0.39, 0.29) is 17.4 Å². The lowest BCUT2D eigenvalue weighted by Gasteiger charge is -2.13. The zero-order valence-electron chi connectivity index (χ0n) is 15.8. The van der Waals surface area contributed by atoms with Gasteiger partial charge in [-0.2, -0.15) is 10.2 Å². The van der Waals surface area contributed by atoms with Crippen molar-refractivity contribution in [1.29, 1.82) is 5.26 Å². The minimum absolute atomic E-state index is 0.0350. The number of hydrogen-bond acceptors (Lipinski definition) is 6. The fraction of sp³-hybridized carbons (Fsp3) is 0.0909. The summed E-state index contributed by atoms with van der Waals surface area (Å²) in [5, 5.41) is 23.2. The van der Waals surface area contributed by atoms with E-state index in [0.29, 0.717) is 17.0 Å². The summed E-state index contributed by atoms with van der Waals surface area (Å²) >= 11 is 0. The Balaban J connectivity index is 1.96. The standard InChI is InChI=1S/C22H16N4O3/c1-4-16-11-14(2)21(15(3)12-16)29-20-10-9-19(26(27)28)22(25-20)24-18-7-5-17(13-23)6-8-18/h1,5-12H,2-3H3,(H,24,25). The van der Waals surface area contributed by atoms with Crippen LogP contribution < -0.4 is 10.1 Å². The first-order valence-electron chi connectivity index (χ1n) is 8.59. The zero-order chi connectivity index (χ0) is 21.0. The molecule has 7 nitrogen and oxygen atoms in total. The molecule has 1 aromatic heterocycles. The van der Waals surface area contributed by atoms with Crippen LogP contribution in [0.15, 0.2) is 48.5 Å². The second-order valence-corrected chi connectivity index (χ2v) is 6.27. The average molecular weight is 384 g/mol. The van der Waals surface area contributed by atoms with Crippen molar-refractivity contribution in [2.45, 2.75) is 13.8 Å². The number of nitrogens with one attached hydrogen (secondary N) is 1. The maximum atomic E-state index is 11.4. The van der Waals surface area contributed by atoms with Crippen molar-refractivity contribution in [1.82, 2.24) is 4.98 Å². The van der Waals surface area contributed by atoms with Crippen LogP contribution >= 0.6 is 0 Å². The smallest absolute Gasteiger partial charge is 0.311 e. The largest absolute Gasteiger partial charge is 0.438 e. The first-order valence-corrected chi connectivity index (χ1v) is 8.59. The van der Waals surface area contributed by atoms with Crippen molar-refractivity contribution in [3.05, 3.63) is 80.9 Å². The Labute approximate surface area is 167 Å². The number of hydrogen-bond donors (Lipinski definition) is 1. The van der Waals surface area contributed by atoms with E-state index in [0.717, 1.165) is 16.7 Å². The molecule has 0 spiro atoms. The molecule has 0 bridgehead atoms. The summed E-state index contributed by atoms with van der Waals surface area (Å²) in [5.41, 5.74) is 3.25. The normalized spacial score (nSPS) is 9.93. The number of ether oxygens (including phenoxy) is 1. The SMILES string of the molecule is C#Cc1cc(C)c(Oc2ccc([N+](=O)[O-])c(Nc3ccc(C#N)cc3)n2)c(C)c1. The highest BCUT2D eigenvalue weighted by molar-refractivity contribution is 5.66. The highest BCUT2D eigenvalue weighted by atomic mass is 16.6. The van der Waals surface area contributed by atoms with Crippen molar-refractivity contribution in [3.8, 4) is 30.0 Å². The molecule has 7 heteroatoms. The van der Waals surface area contributed by atoms with Crippen LogP contribution in [0.25, 0.3) is 0 Å². The van der Waals surface area contributed by atoms with Gasteiger partial charge in [0, 0.05) is 23.4 Å². The Morgan fingerprint density at radius 1 is 1.10 bits per heavy atom. The van der Waals surface area contributed by atoms with Gasteiger partial charge >= 0.3 is 5.69 Å². The van der Waals surface area contributed by atoms with Crippen LogP contribution in [0.5, 0.6) is 11.6 Å². The number of nitrogens with zero attached hydrogens (tertiary/aromatic N) is 3. The minimum Gasteiger partial charge on any atom is -0.438 e. The summed E-state index contributed by atoms with van der Waals surface area (Å²) in [5.74, 6) is 3.42. The van der Waals surface area contributed by atoms with E-state index in [1.807, 2.05) is 32.0 Å². The quantitative estimate of drug-likeness (QED) is 0.377. The average Bonchev–Trinajstić information content (AvgIpc) is 2.71. The maximum Gasteiger partial charge on any atom is 0.311 e. The van der Waals surface area contributed by atoms with Gasteiger partial charge in [0.25, 0.3) is 0 Å². The van der Waals surface area contributed by atoms with E-state index in [1.165, 1.54) is 12.1 Å². The monoisotopic (exact) mass is 384 g/mol. The highest BCUT2D eigenvalue weighted by Crippen LogP contribution is 2.33. The van der Waals surface area contributed by atoms with Crippen LogP contribution in [0.4, 0.5) is 17.2 Å². The predicted molar refractivity (Wildman–Crippen MR) is 109 cm³/mol. The first-order chi connectivity index (χ1) is 13.9. The summed E-state index contributed by atoms with van der Waals surface area (Å²) < 4.78 is 5.90. The summed E-state index contributed by atoms with van der Waals surface area (Å²) in [6.07, 6.45) is 5.45. The van der Waals surface area contributed by atoms with E-state index < -0.39 is 4.92 Å². The van der Waals surface area contributed by atoms with Gasteiger partial charge in [0.05, 0.1) is 16.6 Å². The molecule has 0 aliphatic heterocycles.